The summed E-state index contributed by atoms with van der Waals surface area (Å²) >= 11 is 6.08. The number of hydrogen-bond acceptors (Lipinski definition) is 3. The molecule has 0 radical (unpaired) electrons. The molecular formula is C15H22ClNO2. The Labute approximate surface area is 120 Å². The van der Waals surface area contributed by atoms with Gasteiger partial charge in [0.25, 0.3) is 0 Å². The zero-order chi connectivity index (χ0) is 14.4. The van der Waals surface area contributed by atoms with Crippen LogP contribution in [-0.2, 0) is 6.42 Å². The van der Waals surface area contributed by atoms with E-state index in [2.05, 4.69) is 6.58 Å². The van der Waals surface area contributed by atoms with Crippen molar-refractivity contribution in [3.63, 3.8) is 0 Å². The molecule has 1 aromatic rings. The van der Waals surface area contributed by atoms with Crippen LogP contribution in [-0.4, -0.2) is 19.8 Å². The van der Waals surface area contributed by atoms with E-state index in [4.69, 9.17) is 26.8 Å². The third-order valence-electron chi connectivity index (χ3n) is 2.63. The second kappa shape index (κ2) is 7.41. The Kier molecular flexibility index (Phi) is 6.19. The predicted molar refractivity (Wildman–Crippen MR) is 80.3 cm³/mol. The molecule has 0 fully saturated rings. The summed E-state index contributed by atoms with van der Waals surface area (Å²) in [7, 11) is 1.60. The minimum absolute atomic E-state index is 0.0339. The molecule has 0 saturated heterocycles. The van der Waals surface area contributed by atoms with Crippen LogP contribution in [0.5, 0.6) is 11.5 Å². The lowest BCUT2D eigenvalue weighted by molar-refractivity contribution is 0.294. The third kappa shape index (κ3) is 5.13. The standard InChI is InChI=1S/C15H22ClNO2/c1-10(2)5-6-19-15-12(7-11(3)17)8-13(16)9-14(15)18-4/h8-9,11H,1,5-7,17H2,2-4H3. The second-order valence-electron chi connectivity index (χ2n) is 4.83. The molecule has 0 spiro atoms. The van der Waals surface area contributed by atoms with Crippen LogP contribution >= 0.6 is 11.6 Å². The fourth-order valence-electron chi connectivity index (χ4n) is 1.76. The van der Waals surface area contributed by atoms with Crippen LogP contribution in [0.15, 0.2) is 24.3 Å². The SMILES string of the molecule is C=C(C)CCOc1c(CC(C)N)cc(Cl)cc1OC. The first-order valence-electron chi connectivity index (χ1n) is 6.33. The first kappa shape index (κ1) is 15.9. The van der Waals surface area contributed by atoms with Gasteiger partial charge in [-0.3, -0.25) is 0 Å². The lowest BCUT2D eigenvalue weighted by Gasteiger charge is -2.17. The number of halogens is 1. The number of hydrogen-bond donors (Lipinski definition) is 1. The minimum atomic E-state index is 0.0339. The summed E-state index contributed by atoms with van der Waals surface area (Å²) in [5.74, 6) is 1.37. The molecule has 0 aromatic heterocycles. The number of methoxy groups -OCH3 is 1. The number of rotatable bonds is 7. The van der Waals surface area contributed by atoms with Gasteiger partial charge in [-0.05, 0) is 26.3 Å². The van der Waals surface area contributed by atoms with Crippen LogP contribution in [0, 0.1) is 0 Å². The van der Waals surface area contributed by atoms with Gasteiger partial charge in [-0.15, -0.1) is 6.58 Å². The molecule has 1 atom stereocenters. The van der Waals surface area contributed by atoms with E-state index in [9.17, 15) is 0 Å². The van der Waals surface area contributed by atoms with E-state index in [-0.39, 0.29) is 6.04 Å². The molecule has 0 amide bonds. The molecule has 0 bridgehead atoms. The lowest BCUT2D eigenvalue weighted by atomic mass is 10.1. The van der Waals surface area contributed by atoms with Gasteiger partial charge < -0.3 is 15.2 Å². The molecule has 0 saturated carbocycles. The van der Waals surface area contributed by atoms with Crippen molar-refractivity contribution in [1.82, 2.24) is 0 Å². The normalized spacial score (nSPS) is 12.1. The van der Waals surface area contributed by atoms with Crippen LogP contribution in [0.4, 0.5) is 0 Å². The van der Waals surface area contributed by atoms with E-state index in [1.54, 1.807) is 13.2 Å². The van der Waals surface area contributed by atoms with Crippen molar-refractivity contribution in [2.24, 2.45) is 5.73 Å². The number of benzene rings is 1. The van der Waals surface area contributed by atoms with Crippen LogP contribution in [0.25, 0.3) is 0 Å². The Morgan fingerprint density at radius 3 is 2.68 bits per heavy atom. The van der Waals surface area contributed by atoms with Gasteiger partial charge in [0, 0.05) is 29.1 Å². The van der Waals surface area contributed by atoms with E-state index in [0.717, 1.165) is 23.3 Å². The van der Waals surface area contributed by atoms with Crippen LogP contribution in [0.3, 0.4) is 0 Å². The zero-order valence-electron chi connectivity index (χ0n) is 11.8. The average Bonchev–Trinajstić information content (AvgIpc) is 2.30. The molecule has 106 valence electrons. The summed E-state index contributed by atoms with van der Waals surface area (Å²) in [4.78, 5) is 0. The molecule has 19 heavy (non-hydrogen) atoms. The van der Waals surface area contributed by atoms with Gasteiger partial charge in [0.05, 0.1) is 13.7 Å². The average molecular weight is 284 g/mol. The van der Waals surface area contributed by atoms with Crippen molar-refractivity contribution in [1.29, 1.82) is 0 Å². The number of ether oxygens (including phenoxy) is 2. The quantitative estimate of drug-likeness (QED) is 0.778. The molecule has 0 aliphatic carbocycles. The molecule has 1 aromatic carbocycles. The third-order valence-corrected chi connectivity index (χ3v) is 2.85. The molecule has 3 nitrogen and oxygen atoms in total. The first-order chi connectivity index (χ1) is 8.93. The van der Waals surface area contributed by atoms with Crippen molar-refractivity contribution in [3.8, 4) is 11.5 Å². The van der Waals surface area contributed by atoms with Crippen molar-refractivity contribution in [3.05, 3.63) is 34.9 Å². The fourth-order valence-corrected chi connectivity index (χ4v) is 1.99. The topological polar surface area (TPSA) is 44.5 Å². The van der Waals surface area contributed by atoms with Gasteiger partial charge in [-0.25, -0.2) is 0 Å². The van der Waals surface area contributed by atoms with Crippen LogP contribution in [0.2, 0.25) is 5.02 Å². The Bertz CT molecular complexity index is 444. The first-order valence-corrected chi connectivity index (χ1v) is 6.71. The minimum Gasteiger partial charge on any atom is -0.493 e. The Hall–Kier alpha value is -1.19. The molecule has 0 aliphatic rings. The number of nitrogens with two attached hydrogens (primary N) is 1. The van der Waals surface area contributed by atoms with Gasteiger partial charge in [0.1, 0.15) is 0 Å². The Morgan fingerprint density at radius 2 is 2.16 bits per heavy atom. The van der Waals surface area contributed by atoms with E-state index >= 15 is 0 Å². The van der Waals surface area contributed by atoms with Gasteiger partial charge >= 0.3 is 0 Å². The monoisotopic (exact) mass is 283 g/mol. The van der Waals surface area contributed by atoms with E-state index in [1.807, 2.05) is 19.9 Å². The van der Waals surface area contributed by atoms with Crippen LogP contribution in [0.1, 0.15) is 25.8 Å². The molecule has 0 heterocycles. The second-order valence-corrected chi connectivity index (χ2v) is 5.27. The molecule has 1 unspecified atom stereocenters. The highest BCUT2D eigenvalue weighted by molar-refractivity contribution is 6.30. The maximum Gasteiger partial charge on any atom is 0.164 e. The molecule has 4 heteroatoms. The van der Waals surface area contributed by atoms with E-state index in [0.29, 0.717) is 23.8 Å². The largest absolute Gasteiger partial charge is 0.493 e. The van der Waals surface area contributed by atoms with E-state index < -0.39 is 0 Å². The Morgan fingerprint density at radius 1 is 1.47 bits per heavy atom. The molecule has 0 aliphatic heterocycles. The molecule has 2 N–H and O–H groups in total. The highest BCUT2D eigenvalue weighted by Crippen LogP contribution is 2.35. The van der Waals surface area contributed by atoms with Crippen molar-refractivity contribution >= 4 is 11.6 Å². The summed E-state index contributed by atoms with van der Waals surface area (Å²) in [5.41, 5.74) is 7.92. The van der Waals surface area contributed by atoms with Crippen molar-refractivity contribution in [2.75, 3.05) is 13.7 Å². The Balaban J connectivity index is 2.98. The summed E-state index contributed by atoms with van der Waals surface area (Å²) in [6.07, 6.45) is 1.50. The van der Waals surface area contributed by atoms with E-state index in [1.165, 1.54) is 0 Å². The van der Waals surface area contributed by atoms with Gasteiger partial charge in [-0.2, -0.15) is 0 Å². The smallest absolute Gasteiger partial charge is 0.164 e. The van der Waals surface area contributed by atoms with Crippen molar-refractivity contribution in [2.45, 2.75) is 32.7 Å². The van der Waals surface area contributed by atoms with Gasteiger partial charge in [-0.1, -0.05) is 17.2 Å². The lowest BCUT2D eigenvalue weighted by Crippen LogP contribution is -2.18. The highest BCUT2D eigenvalue weighted by atomic mass is 35.5. The summed E-state index contributed by atoms with van der Waals surface area (Å²) < 4.78 is 11.2. The van der Waals surface area contributed by atoms with Crippen LogP contribution < -0.4 is 15.2 Å². The summed E-state index contributed by atoms with van der Waals surface area (Å²) in [5, 5.41) is 0.625. The maximum absolute atomic E-state index is 6.08. The predicted octanol–water partition coefficient (Wildman–Crippen LogP) is 3.58. The molecular weight excluding hydrogens is 262 g/mol. The molecule has 1 rings (SSSR count). The maximum atomic E-state index is 6.08. The highest BCUT2D eigenvalue weighted by Gasteiger charge is 2.14. The van der Waals surface area contributed by atoms with Gasteiger partial charge in [0.15, 0.2) is 11.5 Å². The van der Waals surface area contributed by atoms with Crippen molar-refractivity contribution < 1.29 is 9.47 Å². The van der Waals surface area contributed by atoms with Gasteiger partial charge in [0.2, 0.25) is 0 Å². The summed E-state index contributed by atoms with van der Waals surface area (Å²) in [6.45, 7) is 8.36. The summed E-state index contributed by atoms with van der Waals surface area (Å²) in [6, 6.07) is 3.66. The fraction of sp³-hybridized carbons (Fsp3) is 0.467. The zero-order valence-corrected chi connectivity index (χ0v) is 12.6.